The summed E-state index contributed by atoms with van der Waals surface area (Å²) < 4.78 is 24.3. The molecule has 0 radical (unpaired) electrons. The van der Waals surface area contributed by atoms with E-state index < -0.39 is 35.0 Å². The Bertz CT molecular complexity index is 426. The summed E-state index contributed by atoms with van der Waals surface area (Å²) in [6, 6.07) is 0.518. The van der Waals surface area contributed by atoms with Gasteiger partial charge in [0.1, 0.15) is 5.69 Å². The molecule has 1 rings (SSSR count). The minimum atomic E-state index is -3.10. The van der Waals surface area contributed by atoms with Crippen molar-refractivity contribution >= 4 is 5.97 Å². The average Bonchev–Trinajstić information content (AvgIpc) is 2.08. The molecule has 0 saturated heterocycles. The Balaban J connectivity index is 3.43. The van der Waals surface area contributed by atoms with Gasteiger partial charge in [0.25, 0.3) is 12.0 Å². The maximum Gasteiger partial charge on any atom is 0.352 e. The Labute approximate surface area is 75.6 Å². The second-order valence-corrected chi connectivity index (χ2v) is 2.42. The van der Waals surface area contributed by atoms with Crippen LogP contribution in [0.2, 0.25) is 0 Å². The van der Waals surface area contributed by atoms with Gasteiger partial charge in [-0.15, -0.1) is 0 Å². The second-order valence-electron chi connectivity index (χ2n) is 2.42. The van der Waals surface area contributed by atoms with Crippen molar-refractivity contribution in [1.82, 2.24) is 4.98 Å². The molecule has 5 nitrogen and oxygen atoms in total. The first-order valence-electron chi connectivity index (χ1n) is 3.41. The lowest BCUT2D eigenvalue weighted by Gasteiger charge is -2.03. The summed E-state index contributed by atoms with van der Waals surface area (Å²) in [4.78, 5) is 22.8. The quantitative estimate of drug-likeness (QED) is 0.663. The highest BCUT2D eigenvalue weighted by molar-refractivity contribution is 5.85. The number of rotatable bonds is 2. The number of carbonyl (C=O) groups is 1. The van der Waals surface area contributed by atoms with Gasteiger partial charge in [0.05, 0.1) is 5.56 Å². The van der Waals surface area contributed by atoms with Gasteiger partial charge in [0.2, 0.25) is 0 Å². The van der Waals surface area contributed by atoms with Gasteiger partial charge >= 0.3 is 5.97 Å². The van der Waals surface area contributed by atoms with E-state index in [2.05, 4.69) is 0 Å². The van der Waals surface area contributed by atoms with Crippen molar-refractivity contribution in [2.24, 2.45) is 0 Å². The molecular formula is C7H5F2NO4. The van der Waals surface area contributed by atoms with Crippen LogP contribution in [0.4, 0.5) is 8.78 Å². The van der Waals surface area contributed by atoms with Crippen molar-refractivity contribution in [3.63, 3.8) is 0 Å². The zero-order chi connectivity index (χ0) is 10.9. The fourth-order valence-corrected chi connectivity index (χ4v) is 0.854. The van der Waals surface area contributed by atoms with E-state index >= 15 is 0 Å². The van der Waals surface area contributed by atoms with E-state index in [0.717, 1.165) is 0 Å². The summed E-state index contributed by atoms with van der Waals surface area (Å²) in [5.74, 6) is -2.71. The number of aromatic carboxylic acids is 1. The number of carboxylic acids is 1. The Hall–Kier alpha value is -1.92. The van der Waals surface area contributed by atoms with E-state index in [-0.39, 0.29) is 0 Å². The first-order chi connectivity index (χ1) is 6.43. The molecule has 14 heavy (non-hydrogen) atoms. The van der Waals surface area contributed by atoms with Gasteiger partial charge in [0.15, 0.2) is 5.75 Å². The van der Waals surface area contributed by atoms with Crippen molar-refractivity contribution in [3.05, 3.63) is 27.7 Å². The fourth-order valence-electron chi connectivity index (χ4n) is 0.854. The number of hydrogen-bond acceptors (Lipinski definition) is 3. The van der Waals surface area contributed by atoms with Crippen LogP contribution in [0.5, 0.6) is 5.75 Å². The van der Waals surface area contributed by atoms with Crippen LogP contribution in [-0.4, -0.2) is 21.2 Å². The van der Waals surface area contributed by atoms with Gasteiger partial charge in [-0.25, -0.2) is 13.6 Å². The Morgan fingerprint density at radius 1 is 1.50 bits per heavy atom. The van der Waals surface area contributed by atoms with E-state index in [1.165, 1.54) is 0 Å². The standard InChI is InChI=1S/C7H5F2NO4/c8-5(9)2-1-3(7(13)14)10-6(12)4(2)11/h1,5,11H,(H,10,12)(H,13,14). The molecule has 0 unspecified atom stereocenters. The van der Waals surface area contributed by atoms with E-state index in [4.69, 9.17) is 10.2 Å². The molecule has 1 aromatic heterocycles. The number of halogens is 2. The Morgan fingerprint density at radius 3 is 2.50 bits per heavy atom. The minimum absolute atomic E-state index is 0.518. The smallest absolute Gasteiger partial charge is 0.352 e. The number of pyridine rings is 1. The molecule has 0 fully saturated rings. The van der Waals surface area contributed by atoms with Gasteiger partial charge in [0, 0.05) is 0 Å². The van der Waals surface area contributed by atoms with E-state index in [9.17, 15) is 18.4 Å². The van der Waals surface area contributed by atoms with Crippen LogP contribution in [0.25, 0.3) is 0 Å². The molecule has 3 N–H and O–H groups in total. The van der Waals surface area contributed by atoms with Crippen molar-refractivity contribution in [2.45, 2.75) is 6.43 Å². The molecule has 0 amide bonds. The van der Waals surface area contributed by atoms with Gasteiger partial charge < -0.3 is 15.2 Å². The molecular weight excluding hydrogens is 200 g/mol. The number of hydrogen-bond donors (Lipinski definition) is 3. The molecule has 1 heterocycles. The lowest BCUT2D eigenvalue weighted by atomic mass is 10.2. The van der Waals surface area contributed by atoms with E-state index in [1.807, 2.05) is 0 Å². The highest BCUT2D eigenvalue weighted by Crippen LogP contribution is 2.24. The topological polar surface area (TPSA) is 90.4 Å². The number of H-pyrrole nitrogens is 1. The fraction of sp³-hybridized carbons (Fsp3) is 0.143. The van der Waals surface area contributed by atoms with Crippen LogP contribution in [0.15, 0.2) is 10.9 Å². The summed E-state index contributed by atoms with van der Waals surface area (Å²) in [6.45, 7) is 0. The van der Waals surface area contributed by atoms with Crippen molar-refractivity contribution in [3.8, 4) is 5.75 Å². The molecule has 0 aliphatic carbocycles. The Morgan fingerprint density at radius 2 is 2.07 bits per heavy atom. The van der Waals surface area contributed by atoms with Gasteiger partial charge in [-0.2, -0.15) is 0 Å². The number of aromatic nitrogens is 1. The van der Waals surface area contributed by atoms with E-state index in [0.29, 0.717) is 6.07 Å². The number of aromatic amines is 1. The van der Waals surface area contributed by atoms with E-state index in [1.54, 1.807) is 4.98 Å². The summed E-state index contributed by atoms with van der Waals surface area (Å²) in [7, 11) is 0. The molecule has 0 aromatic carbocycles. The number of alkyl halides is 2. The molecule has 1 aromatic rings. The second kappa shape index (κ2) is 3.44. The molecule has 0 spiro atoms. The van der Waals surface area contributed by atoms with Crippen LogP contribution in [0.1, 0.15) is 22.5 Å². The summed E-state index contributed by atoms with van der Waals surface area (Å²) in [5, 5.41) is 17.3. The zero-order valence-electron chi connectivity index (χ0n) is 6.62. The zero-order valence-corrected chi connectivity index (χ0v) is 6.62. The maximum absolute atomic E-state index is 12.1. The summed E-state index contributed by atoms with van der Waals surface area (Å²) in [6.07, 6.45) is -3.10. The molecule has 0 bridgehead atoms. The lowest BCUT2D eigenvalue weighted by Crippen LogP contribution is -2.14. The van der Waals surface area contributed by atoms with Gasteiger partial charge in [-0.05, 0) is 6.07 Å². The molecule has 7 heteroatoms. The highest BCUT2D eigenvalue weighted by atomic mass is 19.3. The average molecular weight is 205 g/mol. The molecule has 0 atom stereocenters. The SMILES string of the molecule is O=C(O)c1cc(C(F)F)c(O)c(=O)[nH]1. The van der Waals surface area contributed by atoms with Crippen LogP contribution >= 0.6 is 0 Å². The molecule has 0 saturated carbocycles. The third kappa shape index (κ3) is 1.70. The molecule has 0 aliphatic heterocycles. The first-order valence-corrected chi connectivity index (χ1v) is 3.41. The van der Waals surface area contributed by atoms with Crippen molar-refractivity contribution in [2.75, 3.05) is 0 Å². The van der Waals surface area contributed by atoms with Crippen molar-refractivity contribution < 1.29 is 23.8 Å². The lowest BCUT2D eigenvalue weighted by molar-refractivity contribution is 0.0689. The Kier molecular flexibility index (Phi) is 2.50. The molecule has 76 valence electrons. The summed E-state index contributed by atoms with van der Waals surface area (Å²) in [5.41, 5.74) is -2.94. The van der Waals surface area contributed by atoms with Crippen LogP contribution in [0.3, 0.4) is 0 Å². The first kappa shape index (κ1) is 10.2. The van der Waals surface area contributed by atoms with Crippen LogP contribution in [-0.2, 0) is 0 Å². The largest absolute Gasteiger partial charge is 0.503 e. The third-order valence-electron chi connectivity index (χ3n) is 1.50. The van der Waals surface area contributed by atoms with Crippen LogP contribution in [0, 0.1) is 0 Å². The minimum Gasteiger partial charge on any atom is -0.503 e. The van der Waals surface area contributed by atoms with Gasteiger partial charge in [-0.1, -0.05) is 0 Å². The maximum atomic E-state index is 12.1. The van der Waals surface area contributed by atoms with Crippen molar-refractivity contribution in [1.29, 1.82) is 0 Å². The normalized spacial score (nSPS) is 10.5. The van der Waals surface area contributed by atoms with Gasteiger partial charge in [-0.3, -0.25) is 4.79 Å². The molecule has 0 aliphatic rings. The summed E-state index contributed by atoms with van der Waals surface area (Å²) >= 11 is 0. The highest BCUT2D eigenvalue weighted by Gasteiger charge is 2.18. The monoisotopic (exact) mass is 205 g/mol. The third-order valence-corrected chi connectivity index (χ3v) is 1.50. The predicted molar refractivity (Wildman–Crippen MR) is 40.6 cm³/mol. The number of nitrogens with one attached hydrogen (secondary N) is 1. The van der Waals surface area contributed by atoms with Crippen LogP contribution < -0.4 is 5.56 Å². The predicted octanol–water partition coefficient (Wildman–Crippen LogP) is 0.716. The number of aromatic hydroxyl groups is 1. The number of carboxylic acid groups (broad SMARTS) is 1.